The summed E-state index contributed by atoms with van der Waals surface area (Å²) in [6, 6.07) is 12.0. The quantitative estimate of drug-likeness (QED) is 0.571. The molecule has 10 heteroatoms. The normalized spacial score (nSPS) is 11.2. The van der Waals surface area contributed by atoms with Gasteiger partial charge in [-0.05, 0) is 30.3 Å². The monoisotopic (exact) mass is 421 g/mol. The summed E-state index contributed by atoms with van der Waals surface area (Å²) in [6.45, 7) is 1.72. The van der Waals surface area contributed by atoms with E-state index in [1.807, 2.05) is 0 Å². The van der Waals surface area contributed by atoms with Gasteiger partial charge in [-0.1, -0.05) is 23.4 Å². The molecule has 30 heavy (non-hydrogen) atoms. The molecule has 0 aliphatic heterocycles. The minimum Gasteiger partial charge on any atom is -0.485 e. The number of amides is 1. The van der Waals surface area contributed by atoms with E-state index >= 15 is 0 Å². The lowest BCUT2D eigenvalue weighted by atomic mass is 10.1. The molecule has 158 valence electrons. The van der Waals surface area contributed by atoms with Crippen LogP contribution in [0.4, 0.5) is 13.2 Å². The number of carbonyl (C=O) groups is 1. The summed E-state index contributed by atoms with van der Waals surface area (Å²) in [7, 11) is 1.50. The van der Waals surface area contributed by atoms with E-state index in [1.165, 1.54) is 30.1 Å². The van der Waals surface area contributed by atoms with E-state index in [9.17, 15) is 18.0 Å². The fourth-order valence-corrected chi connectivity index (χ4v) is 2.65. The lowest BCUT2D eigenvalue weighted by Crippen LogP contribution is -2.27. The van der Waals surface area contributed by atoms with E-state index in [-0.39, 0.29) is 30.4 Å². The number of halogens is 3. The zero-order chi connectivity index (χ0) is 21.7. The van der Waals surface area contributed by atoms with Crippen molar-refractivity contribution >= 4 is 5.91 Å². The Kier molecular flexibility index (Phi) is 6.24. The summed E-state index contributed by atoms with van der Waals surface area (Å²) in [5.74, 6) is 0.620. The molecule has 0 fully saturated rings. The van der Waals surface area contributed by atoms with Crippen LogP contribution in [-0.2, 0) is 13.2 Å². The Bertz CT molecular complexity index is 1000. The molecule has 3 rings (SSSR count). The largest absolute Gasteiger partial charge is 0.573 e. The number of aryl methyl sites for hydroxylation is 1. The van der Waals surface area contributed by atoms with Crippen molar-refractivity contribution in [2.75, 3.05) is 7.05 Å². The van der Waals surface area contributed by atoms with Gasteiger partial charge in [-0.15, -0.1) is 13.2 Å². The molecular weight excluding hydrogens is 403 g/mol. The van der Waals surface area contributed by atoms with E-state index < -0.39 is 6.36 Å². The summed E-state index contributed by atoms with van der Waals surface area (Å²) in [5.41, 5.74) is 0.593. The molecule has 1 amide bonds. The molecule has 0 saturated heterocycles. The van der Waals surface area contributed by atoms with E-state index in [2.05, 4.69) is 14.9 Å². The Balaban J connectivity index is 1.62. The molecule has 0 spiro atoms. The van der Waals surface area contributed by atoms with Gasteiger partial charge in [0.1, 0.15) is 11.5 Å². The summed E-state index contributed by atoms with van der Waals surface area (Å²) < 4.78 is 52.1. The average Bonchev–Trinajstić information content (AvgIpc) is 3.12. The van der Waals surface area contributed by atoms with Crippen LogP contribution in [0.5, 0.6) is 11.5 Å². The second-order valence-corrected chi connectivity index (χ2v) is 6.36. The number of nitrogens with zero attached hydrogens (tertiary/aromatic N) is 3. The third kappa shape index (κ3) is 5.72. The van der Waals surface area contributed by atoms with E-state index in [0.29, 0.717) is 23.0 Å². The van der Waals surface area contributed by atoms with Gasteiger partial charge in [0.05, 0.1) is 0 Å². The number of ether oxygens (including phenoxy) is 2. The zero-order valence-corrected chi connectivity index (χ0v) is 16.1. The van der Waals surface area contributed by atoms with Crippen molar-refractivity contribution in [3.05, 3.63) is 71.4 Å². The molecule has 0 N–H and O–H groups in total. The predicted molar refractivity (Wildman–Crippen MR) is 98.7 cm³/mol. The predicted octanol–water partition coefficient (Wildman–Crippen LogP) is 4.13. The van der Waals surface area contributed by atoms with Crippen molar-refractivity contribution < 1.29 is 32.0 Å². The van der Waals surface area contributed by atoms with Crippen molar-refractivity contribution in [1.82, 2.24) is 15.0 Å². The Morgan fingerprint density at radius 3 is 2.47 bits per heavy atom. The topological polar surface area (TPSA) is 77.7 Å². The second-order valence-electron chi connectivity index (χ2n) is 6.36. The molecule has 0 atom stereocenters. The van der Waals surface area contributed by atoms with Gasteiger partial charge >= 0.3 is 6.36 Å². The van der Waals surface area contributed by atoms with Crippen molar-refractivity contribution in [2.45, 2.75) is 26.4 Å². The highest BCUT2D eigenvalue weighted by atomic mass is 19.4. The van der Waals surface area contributed by atoms with Gasteiger partial charge in [0.25, 0.3) is 5.91 Å². The van der Waals surface area contributed by atoms with Gasteiger partial charge in [-0.25, -0.2) is 0 Å². The highest BCUT2D eigenvalue weighted by Crippen LogP contribution is 2.27. The number of benzene rings is 2. The number of para-hydroxylation sites is 1. The van der Waals surface area contributed by atoms with Crippen LogP contribution in [0.2, 0.25) is 0 Å². The summed E-state index contributed by atoms with van der Waals surface area (Å²) in [4.78, 5) is 18.0. The molecular formula is C20H18F3N3O4. The molecule has 1 aromatic heterocycles. The summed E-state index contributed by atoms with van der Waals surface area (Å²) >= 11 is 0. The standard InChI is InChI=1S/C20H18F3N3O4/c1-13-24-18(25-30-13)12-28-16-9-7-14(8-10-16)19(27)26(2)11-15-5-3-4-6-17(15)29-20(21,22)23/h3-10H,11-12H2,1-2H3. The van der Waals surface area contributed by atoms with Crippen molar-refractivity contribution in [3.8, 4) is 11.5 Å². The summed E-state index contributed by atoms with van der Waals surface area (Å²) in [6.07, 6.45) is -4.81. The number of carbonyl (C=O) groups excluding carboxylic acids is 1. The smallest absolute Gasteiger partial charge is 0.485 e. The molecule has 3 aromatic rings. The first-order chi connectivity index (χ1) is 14.2. The molecule has 0 aliphatic rings. The Labute approximate surface area is 170 Å². The fourth-order valence-electron chi connectivity index (χ4n) is 2.65. The molecule has 1 heterocycles. The van der Waals surface area contributed by atoms with Gasteiger partial charge in [-0.3, -0.25) is 4.79 Å². The van der Waals surface area contributed by atoms with Gasteiger partial charge in [0, 0.05) is 31.6 Å². The van der Waals surface area contributed by atoms with Crippen molar-refractivity contribution in [1.29, 1.82) is 0 Å². The lowest BCUT2D eigenvalue weighted by Gasteiger charge is -2.20. The maximum absolute atomic E-state index is 12.6. The Morgan fingerprint density at radius 1 is 1.13 bits per heavy atom. The number of alkyl halides is 3. The highest BCUT2D eigenvalue weighted by Gasteiger charge is 2.32. The van der Waals surface area contributed by atoms with Crippen molar-refractivity contribution in [3.63, 3.8) is 0 Å². The van der Waals surface area contributed by atoms with Crippen LogP contribution in [0.1, 0.15) is 27.6 Å². The molecule has 0 aliphatic carbocycles. The zero-order valence-electron chi connectivity index (χ0n) is 16.1. The van der Waals surface area contributed by atoms with Crippen LogP contribution in [0.15, 0.2) is 53.1 Å². The van der Waals surface area contributed by atoms with Gasteiger partial charge < -0.3 is 18.9 Å². The van der Waals surface area contributed by atoms with Crippen LogP contribution < -0.4 is 9.47 Å². The average molecular weight is 421 g/mol. The minimum absolute atomic E-state index is 0.0550. The highest BCUT2D eigenvalue weighted by molar-refractivity contribution is 5.94. The minimum atomic E-state index is -4.81. The van der Waals surface area contributed by atoms with E-state index in [4.69, 9.17) is 9.26 Å². The summed E-state index contributed by atoms with van der Waals surface area (Å²) in [5, 5.41) is 3.72. The van der Waals surface area contributed by atoms with Gasteiger partial charge in [-0.2, -0.15) is 4.98 Å². The molecule has 0 bridgehead atoms. The molecule has 2 aromatic carbocycles. The van der Waals surface area contributed by atoms with Crippen LogP contribution in [0.3, 0.4) is 0 Å². The van der Waals surface area contributed by atoms with E-state index in [0.717, 1.165) is 0 Å². The van der Waals surface area contributed by atoms with Crippen LogP contribution in [0.25, 0.3) is 0 Å². The maximum atomic E-state index is 12.6. The molecule has 7 nitrogen and oxygen atoms in total. The first-order valence-corrected chi connectivity index (χ1v) is 8.82. The number of hydrogen-bond acceptors (Lipinski definition) is 6. The molecule has 0 saturated carbocycles. The third-order valence-electron chi connectivity index (χ3n) is 3.99. The second kappa shape index (κ2) is 8.85. The van der Waals surface area contributed by atoms with E-state index in [1.54, 1.807) is 37.3 Å². The Morgan fingerprint density at radius 2 is 1.83 bits per heavy atom. The molecule has 0 radical (unpaired) electrons. The maximum Gasteiger partial charge on any atom is 0.573 e. The third-order valence-corrected chi connectivity index (χ3v) is 3.99. The van der Waals surface area contributed by atoms with Crippen LogP contribution in [-0.4, -0.2) is 34.4 Å². The Hall–Kier alpha value is -3.56. The molecule has 0 unspecified atom stereocenters. The number of aromatic nitrogens is 2. The fraction of sp³-hybridized carbons (Fsp3) is 0.250. The van der Waals surface area contributed by atoms with Crippen LogP contribution >= 0.6 is 0 Å². The van der Waals surface area contributed by atoms with Gasteiger partial charge in [0.15, 0.2) is 6.61 Å². The SMILES string of the molecule is Cc1nc(COc2ccc(C(=O)N(C)Cc3ccccc3OC(F)(F)F)cc2)no1. The number of hydrogen-bond donors (Lipinski definition) is 0. The van der Waals surface area contributed by atoms with Crippen LogP contribution in [0, 0.1) is 6.92 Å². The number of rotatable bonds is 7. The van der Waals surface area contributed by atoms with Crippen molar-refractivity contribution in [2.24, 2.45) is 0 Å². The lowest BCUT2D eigenvalue weighted by molar-refractivity contribution is -0.275. The van der Waals surface area contributed by atoms with Gasteiger partial charge in [0.2, 0.25) is 11.7 Å². The first-order valence-electron chi connectivity index (χ1n) is 8.82. The first kappa shape index (κ1) is 21.2.